The molecule has 7 nitrogen and oxygen atoms in total. The van der Waals surface area contributed by atoms with Crippen molar-refractivity contribution in [1.29, 1.82) is 0 Å². The van der Waals surface area contributed by atoms with Crippen molar-refractivity contribution in [1.82, 2.24) is 14.7 Å². The maximum Gasteiger partial charge on any atom is 0.281 e. The first-order valence-corrected chi connectivity index (χ1v) is 11.6. The highest BCUT2D eigenvalue weighted by Crippen LogP contribution is 2.34. The molecule has 30 heavy (non-hydrogen) atoms. The third kappa shape index (κ3) is 4.40. The summed E-state index contributed by atoms with van der Waals surface area (Å²) < 4.78 is 32.4. The number of H-pyrrole nitrogens is 1. The highest BCUT2D eigenvalue weighted by molar-refractivity contribution is 7.92. The van der Waals surface area contributed by atoms with Gasteiger partial charge in [-0.05, 0) is 36.4 Å². The molecular weight excluding hydrogens is 493 g/mol. The van der Waals surface area contributed by atoms with Crippen molar-refractivity contribution < 1.29 is 17.9 Å². The molecular formula is C18H10Cl3N3O4S2. The van der Waals surface area contributed by atoms with Gasteiger partial charge in [-0.15, -0.1) is 11.3 Å². The van der Waals surface area contributed by atoms with E-state index in [0.29, 0.717) is 27.6 Å². The number of halogens is 3. The minimum atomic E-state index is -4.11. The van der Waals surface area contributed by atoms with Crippen molar-refractivity contribution in [2.24, 2.45) is 0 Å². The number of ether oxygens (including phenoxy) is 1. The molecule has 0 radical (unpaired) electrons. The Morgan fingerprint density at radius 1 is 1.10 bits per heavy atom. The molecule has 4 aromatic rings. The van der Waals surface area contributed by atoms with E-state index >= 15 is 0 Å². The lowest BCUT2D eigenvalue weighted by Crippen LogP contribution is -2.30. The first kappa shape index (κ1) is 21.0. The normalized spacial score (nSPS) is 11.6. The minimum Gasteiger partial charge on any atom is -0.439 e. The predicted octanol–water partition coefficient (Wildman–Crippen LogP) is 5.50. The number of amides is 1. The Morgan fingerprint density at radius 2 is 1.90 bits per heavy atom. The second-order valence-electron chi connectivity index (χ2n) is 5.97. The molecule has 3 aromatic heterocycles. The fraction of sp³-hybridized carbons (Fsp3) is 0. The molecule has 0 aliphatic heterocycles. The zero-order valence-electron chi connectivity index (χ0n) is 14.6. The molecule has 3 heterocycles. The molecule has 0 unspecified atom stereocenters. The van der Waals surface area contributed by atoms with E-state index < -0.39 is 15.9 Å². The Bertz CT molecular complexity index is 1350. The third-order valence-corrected chi connectivity index (χ3v) is 7.77. The molecule has 0 spiro atoms. The zero-order chi connectivity index (χ0) is 21.5. The smallest absolute Gasteiger partial charge is 0.281 e. The SMILES string of the molecule is O=C(NS(=O)(=O)c1cc(Cl)c(Cl)s1)c1cc2cc(Oc3ccc(Cl)cn3)ccc2[nH]1. The molecule has 1 amide bonds. The summed E-state index contributed by atoms with van der Waals surface area (Å²) in [6.45, 7) is 0. The summed E-state index contributed by atoms with van der Waals surface area (Å²) in [5.41, 5.74) is 0.681. The minimum absolute atomic E-state index is 0.0593. The molecule has 0 fully saturated rings. The second-order valence-corrected chi connectivity index (χ2v) is 10.4. The van der Waals surface area contributed by atoms with Gasteiger partial charge in [0.25, 0.3) is 15.9 Å². The van der Waals surface area contributed by atoms with Gasteiger partial charge >= 0.3 is 0 Å². The third-order valence-electron chi connectivity index (χ3n) is 3.87. The van der Waals surface area contributed by atoms with Crippen LogP contribution >= 0.6 is 46.1 Å². The van der Waals surface area contributed by atoms with Crippen molar-refractivity contribution in [3.8, 4) is 11.6 Å². The number of aromatic amines is 1. The summed E-state index contributed by atoms with van der Waals surface area (Å²) in [5.74, 6) is 0.0130. The first-order chi connectivity index (χ1) is 14.2. The highest BCUT2D eigenvalue weighted by Gasteiger charge is 2.23. The lowest BCUT2D eigenvalue weighted by molar-refractivity contribution is 0.0977. The largest absolute Gasteiger partial charge is 0.439 e. The number of carbonyl (C=O) groups excluding carboxylic acids is 1. The Balaban J connectivity index is 1.55. The van der Waals surface area contributed by atoms with Gasteiger partial charge in [0.05, 0.1) is 10.0 Å². The molecule has 1 aromatic carbocycles. The van der Waals surface area contributed by atoms with Crippen LogP contribution in [0.5, 0.6) is 11.6 Å². The predicted molar refractivity (Wildman–Crippen MR) is 117 cm³/mol. The number of sulfonamides is 1. The van der Waals surface area contributed by atoms with Gasteiger partial charge < -0.3 is 9.72 Å². The molecule has 154 valence electrons. The summed E-state index contributed by atoms with van der Waals surface area (Å²) in [6, 6.07) is 11.0. The van der Waals surface area contributed by atoms with Gasteiger partial charge in [0.2, 0.25) is 5.88 Å². The van der Waals surface area contributed by atoms with Crippen LogP contribution in [0.15, 0.2) is 52.9 Å². The van der Waals surface area contributed by atoms with E-state index in [-0.39, 0.29) is 19.3 Å². The number of nitrogens with one attached hydrogen (secondary N) is 2. The van der Waals surface area contributed by atoms with Gasteiger partial charge in [-0.2, -0.15) is 0 Å². The Kier molecular flexibility index (Phi) is 5.65. The van der Waals surface area contributed by atoms with Crippen LogP contribution in [0.2, 0.25) is 14.4 Å². The fourth-order valence-electron chi connectivity index (χ4n) is 2.53. The van der Waals surface area contributed by atoms with Crippen LogP contribution in [0.3, 0.4) is 0 Å². The van der Waals surface area contributed by atoms with Crippen LogP contribution in [-0.2, 0) is 10.0 Å². The average molecular weight is 503 g/mol. The maximum absolute atomic E-state index is 12.5. The lowest BCUT2D eigenvalue weighted by atomic mass is 10.2. The van der Waals surface area contributed by atoms with E-state index in [4.69, 9.17) is 39.5 Å². The van der Waals surface area contributed by atoms with Crippen LogP contribution in [0.4, 0.5) is 0 Å². The van der Waals surface area contributed by atoms with Crippen LogP contribution in [-0.4, -0.2) is 24.3 Å². The average Bonchev–Trinajstić information content (AvgIpc) is 3.27. The van der Waals surface area contributed by atoms with Crippen LogP contribution in [0.1, 0.15) is 10.5 Å². The number of fused-ring (bicyclic) bond motifs is 1. The lowest BCUT2D eigenvalue weighted by Gasteiger charge is -2.04. The summed E-state index contributed by atoms with van der Waals surface area (Å²) in [4.78, 5) is 19.4. The topological polar surface area (TPSA) is 101 Å². The number of hydrogen-bond acceptors (Lipinski definition) is 6. The molecule has 4 rings (SSSR count). The number of aromatic nitrogens is 2. The van der Waals surface area contributed by atoms with E-state index in [0.717, 1.165) is 11.3 Å². The second kappa shape index (κ2) is 8.09. The van der Waals surface area contributed by atoms with E-state index in [1.165, 1.54) is 18.3 Å². The van der Waals surface area contributed by atoms with E-state index in [9.17, 15) is 13.2 Å². The van der Waals surface area contributed by atoms with Gasteiger partial charge in [0, 0.05) is 23.2 Å². The Hall–Kier alpha value is -2.30. The van der Waals surface area contributed by atoms with Gasteiger partial charge in [-0.1, -0.05) is 34.8 Å². The molecule has 0 aliphatic rings. The van der Waals surface area contributed by atoms with E-state index in [1.54, 1.807) is 30.3 Å². The molecule has 0 bridgehead atoms. The molecule has 0 atom stereocenters. The van der Waals surface area contributed by atoms with Crippen LogP contribution in [0.25, 0.3) is 10.9 Å². The summed E-state index contributed by atoms with van der Waals surface area (Å²) in [6.07, 6.45) is 1.46. The molecule has 0 saturated carbocycles. The van der Waals surface area contributed by atoms with Crippen LogP contribution in [0, 0.1) is 0 Å². The van der Waals surface area contributed by atoms with Crippen molar-refractivity contribution in [3.05, 3.63) is 68.7 Å². The van der Waals surface area contributed by atoms with Crippen molar-refractivity contribution in [2.75, 3.05) is 0 Å². The van der Waals surface area contributed by atoms with Gasteiger partial charge in [-0.3, -0.25) is 4.79 Å². The maximum atomic E-state index is 12.5. The molecule has 0 aliphatic carbocycles. The number of nitrogens with zero attached hydrogens (tertiary/aromatic N) is 1. The van der Waals surface area contributed by atoms with E-state index in [2.05, 4.69) is 9.97 Å². The standard InChI is InChI=1S/C18H10Cl3N3O4S2/c19-10-1-4-15(22-8-10)28-11-2-3-13-9(5-11)6-14(23-13)18(25)24-30(26,27)16-7-12(20)17(21)29-16/h1-8,23H,(H,24,25). The summed E-state index contributed by atoms with van der Waals surface area (Å²) in [7, 11) is -4.11. The monoisotopic (exact) mass is 501 g/mol. The van der Waals surface area contributed by atoms with Crippen molar-refractivity contribution in [3.63, 3.8) is 0 Å². The van der Waals surface area contributed by atoms with Crippen molar-refractivity contribution in [2.45, 2.75) is 4.21 Å². The number of pyridine rings is 1. The number of carbonyl (C=O) groups is 1. The first-order valence-electron chi connectivity index (χ1n) is 8.15. The van der Waals surface area contributed by atoms with E-state index in [1.807, 2.05) is 4.72 Å². The van der Waals surface area contributed by atoms with Crippen molar-refractivity contribution >= 4 is 73.0 Å². The Morgan fingerprint density at radius 3 is 2.57 bits per heavy atom. The fourth-order valence-corrected chi connectivity index (χ4v) is 5.48. The van der Waals surface area contributed by atoms with Gasteiger partial charge in [0.1, 0.15) is 20.0 Å². The highest BCUT2D eigenvalue weighted by atomic mass is 35.5. The number of benzene rings is 1. The molecule has 2 N–H and O–H groups in total. The van der Waals surface area contributed by atoms with Crippen LogP contribution < -0.4 is 9.46 Å². The zero-order valence-corrected chi connectivity index (χ0v) is 18.6. The number of rotatable bonds is 5. The molecule has 12 heteroatoms. The molecule has 0 saturated heterocycles. The number of thiophene rings is 1. The summed E-state index contributed by atoms with van der Waals surface area (Å²) >= 11 is 18.2. The number of hydrogen-bond donors (Lipinski definition) is 2. The Labute approximate surface area is 189 Å². The summed E-state index contributed by atoms with van der Waals surface area (Å²) in [5, 5.41) is 1.23. The van der Waals surface area contributed by atoms with Gasteiger partial charge in [-0.25, -0.2) is 18.1 Å². The quantitative estimate of drug-likeness (QED) is 0.375. The van der Waals surface area contributed by atoms with Gasteiger partial charge in [0.15, 0.2) is 0 Å².